The molecule has 0 spiro atoms. The Bertz CT molecular complexity index is 625. The maximum absolute atomic E-state index is 13.3. The summed E-state index contributed by atoms with van der Waals surface area (Å²) in [6.45, 7) is 1.93. The highest BCUT2D eigenvalue weighted by molar-refractivity contribution is 5.95. The normalized spacial score (nSPS) is 12.0. The van der Waals surface area contributed by atoms with Crippen molar-refractivity contribution >= 4 is 11.7 Å². The Kier molecular flexibility index (Phi) is 4.02. The standard InChI is InChI=1S/C14H16FN3O2/c1-9(13-6-7-16-18(13)2)17-12-5-4-10(15)8-11(12)14(19)20-3/h4-9,17H,1-3H3. The molecule has 0 aliphatic carbocycles. The molecule has 1 N–H and O–H groups in total. The second-order valence-electron chi connectivity index (χ2n) is 4.43. The number of aromatic nitrogens is 2. The SMILES string of the molecule is COC(=O)c1cc(F)ccc1NC(C)c1ccnn1C. The first-order valence-electron chi connectivity index (χ1n) is 6.15. The highest BCUT2D eigenvalue weighted by atomic mass is 19.1. The van der Waals surface area contributed by atoms with Gasteiger partial charge in [0.15, 0.2) is 0 Å². The lowest BCUT2D eigenvalue weighted by Gasteiger charge is -2.17. The van der Waals surface area contributed by atoms with Crippen molar-refractivity contribution < 1.29 is 13.9 Å². The molecule has 1 atom stereocenters. The van der Waals surface area contributed by atoms with Gasteiger partial charge in [-0.25, -0.2) is 9.18 Å². The number of halogens is 1. The van der Waals surface area contributed by atoms with Crippen molar-refractivity contribution in [3.8, 4) is 0 Å². The number of methoxy groups -OCH3 is 1. The summed E-state index contributed by atoms with van der Waals surface area (Å²) >= 11 is 0. The van der Waals surface area contributed by atoms with Gasteiger partial charge in [-0.2, -0.15) is 5.10 Å². The van der Waals surface area contributed by atoms with Gasteiger partial charge in [0.25, 0.3) is 0 Å². The van der Waals surface area contributed by atoms with Crippen molar-refractivity contribution in [1.29, 1.82) is 0 Å². The van der Waals surface area contributed by atoms with Gasteiger partial charge in [-0.15, -0.1) is 0 Å². The highest BCUT2D eigenvalue weighted by Gasteiger charge is 2.16. The summed E-state index contributed by atoms with van der Waals surface area (Å²) in [6.07, 6.45) is 1.69. The molecular formula is C14H16FN3O2. The summed E-state index contributed by atoms with van der Waals surface area (Å²) in [4.78, 5) is 11.7. The zero-order chi connectivity index (χ0) is 14.7. The van der Waals surface area contributed by atoms with Crippen molar-refractivity contribution in [2.45, 2.75) is 13.0 Å². The smallest absolute Gasteiger partial charge is 0.340 e. The number of esters is 1. The third-order valence-corrected chi connectivity index (χ3v) is 3.06. The number of hydrogen-bond acceptors (Lipinski definition) is 4. The third kappa shape index (κ3) is 2.79. The van der Waals surface area contributed by atoms with Gasteiger partial charge < -0.3 is 10.1 Å². The Labute approximate surface area is 116 Å². The maximum Gasteiger partial charge on any atom is 0.340 e. The summed E-state index contributed by atoms with van der Waals surface area (Å²) in [5.74, 6) is -1.06. The van der Waals surface area contributed by atoms with Crippen LogP contribution < -0.4 is 5.32 Å². The average Bonchev–Trinajstić information content (AvgIpc) is 2.86. The minimum Gasteiger partial charge on any atom is -0.465 e. The molecule has 1 aromatic carbocycles. The van der Waals surface area contributed by atoms with E-state index in [0.29, 0.717) is 5.69 Å². The Hall–Kier alpha value is -2.37. The van der Waals surface area contributed by atoms with E-state index in [9.17, 15) is 9.18 Å². The molecule has 0 aliphatic rings. The van der Waals surface area contributed by atoms with Crippen molar-refractivity contribution in [2.75, 3.05) is 12.4 Å². The van der Waals surface area contributed by atoms with Gasteiger partial charge in [0.2, 0.25) is 0 Å². The van der Waals surface area contributed by atoms with Crippen molar-refractivity contribution in [3.63, 3.8) is 0 Å². The Morgan fingerprint density at radius 3 is 2.80 bits per heavy atom. The van der Waals surface area contributed by atoms with Crippen LogP contribution in [0.3, 0.4) is 0 Å². The molecule has 1 heterocycles. The van der Waals surface area contributed by atoms with Crippen LogP contribution >= 0.6 is 0 Å². The maximum atomic E-state index is 13.3. The fraction of sp³-hybridized carbons (Fsp3) is 0.286. The molecule has 2 rings (SSSR count). The van der Waals surface area contributed by atoms with Crippen LogP contribution in [-0.2, 0) is 11.8 Å². The van der Waals surface area contributed by atoms with E-state index in [4.69, 9.17) is 0 Å². The molecule has 5 nitrogen and oxygen atoms in total. The molecule has 0 radical (unpaired) electrons. The summed E-state index contributed by atoms with van der Waals surface area (Å²) in [5.41, 5.74) is 1.64. The van der Waals surface area contributed by atoms with Gasteiger partial charge in [-0.05, 0) is 31.2 Å². The summed E-state index contributed by atoms with van der Waals surface area (Å²) < 4.78 is 19.7. The van der Waals surface area contributed by atoms with E-state index in [1.54, 1.807) is 10.9 Å². The number of anilines is 1. The first kappa shape index (κ1) is 14.0. The van der Waals surface area contributed by atoms with Crippen LogP contribution in [0.25, 0.3) is 0 Å². The summed E-state index contributed by atoms with van der Waals surface area (Å²) in [7, 11) is 3.10. The van der Waals surface area contributed by atoms with Crippen molar-refractivity contribution in [2.24, 2.45) is 7.05 Å². The van der Waals surface area contributed by atoms with E-state index < -0.39 is 11.8 Å². The van der Waals surface area contributed by atoms with Crippen LogP contribution in [0.4, 0.5) is 10.1 Å². The van der Waals surface area contributed by atoms with Gasteiger partial charge in [-0.3, -0.25) is 4.68 Å². The monoisotopic (exact) mass is 277 g/mol. The lowest BCUT2D eigenvalue weighted by Crippen LogP contribution is -2.14. The predicted octanol–water partition coefficient (Wildman–Crippen LogP) is 2.52. The van der Waals surface area contributed by atoms with E-state index in [1.165, 1.54) is 19.2 Å². The van der Waals surface area contributed by atoms with Crippen LogP contribution in [0.2, 0.25) is 0 Å². The highest BCUT2D eigenvalue weighted by Crippen LogP contribution is 2.23. The van der Waals surface area contributed by atoms with Crippen molar-refractivity contribution in [1.82, 2.24) is 9.78 Å². The lowest BCUT2D eigenvalue weighted by atomic mass is 10.1. The molecule has 0 saturated carbocycles. The topological polar surface area (TPSA) is 56.1 Å². The number of nitrogens with one attached hydrogen (secondary N) is 1. The Morgan fingerprint density at radius 2 is 2.20 bits per heavy atom. The van der Waals surface area contributed by atoms with Gasteiger partial charge in [-0.1, -0.05) is 0 Å². The number of nitrogens with zero attached hydrogens (tertiary/aromatic N) is 2. The lowest BCUT2D eigenvalue weighted by molar-refractivity contribution is 0.0601. The quantitative estimate of drug-likeness (QED) is 0.872. The molecule has 0 fully saturated rings. The van der Waals surface area contributed by atoms with Gasteiger partial charge >= 0.3 is 5.97 Å². The molecule has 0 saturated heterocycles. The molecule has 20 heavy (non-hydrogen) atoms. The second kappa shape index (κ2) is 5.73. The zero-order valence-corrected chi connectivity index (χ0v) is 11.6. The van der Waals surface area contributed by atoms with E-state index in [2.05, 4.69) is 15.2 Å². The first-order valence-corrected chi connectivity index (χ1v) is 6.15. The predicted molar refractivity (Wildman–Crippen MR) is 73.0 cm³/mol. The van der Waals surface area contributed by atoms with E-state index in [-0.39, 0.29) is 11.6 Å². The first-order chi connectivity index (χ1) is 9.52. The van der Waals surface area contributed by atoms with E-state index in [0.717, 1.165) is 11.8 Å². The number of aryl methyl sites for hydroxylation is 1. The molecule has 2 aromatic rings. The number of rotatable bonds is 4. The zero-order valence-electron chi connectivity index (χ0n) is 11.6. The average molecular weight is 277 g/mol. The number of carbonyl (C=O) groups excluding carboxylic acids is 1. The second-order valence-corrected chi connectivity index (χ2v) is 4.43. The number of carbonyl (C=O) groups is 1. The van der Waals surface area contributed by atoms with Gasteiger partial charge in [0, 0.05) is 18.9 Å². The van der Waals surface area contributed by atoms with E-state index in [1.807, 2.05) is 20.0 Å². The van der Waals surface area contributed by atoms with Crippen molar-refractivity contribution in [3.05, 3.63) is 47.5 Å². The molecule has 1 aromatic heterocycles. The minimum atomic E-state index is -0.579. The van der Waals surface area contributed by atoms with Gasteiger partial charge in [0.05, 0.1) is 24.4 Å². The van der Waals surface area contributed by atoms with Crippen LogP contribution in [0, 0.1) is 5.82 Å². The summed E-state index contributed by atoms with van der Waals surface area (Å²) in [6, 6.07) is 5.76. The van der Waals surface area contributed by atoms with Crippen LogP contribution in [0.1, 0.15) is 29.0 Å². The number of ether oxygens (including phenoxy) is 1. The fourth-order valence-corrected chi connectivity index (χ4v) is 2.04. The molecule has 0 aliphatic heterocycles. The molecule has 6 heteroatoms. The molecular weight excluding hydrogens is 261 g/mol. The molecule has 1 unspecified atom stereocenters. The number of hydrogen-bond donors (Lipinski definition) is 1. The van der Waals surface area contributed by atoms with Gasteiger partial charge in [0.1, 0.15) is 5.82 Å². The molecule has 0 amide bonds. The number of benzene rings is 1. The Morgan fingerprint density at radius 1 is 1.45 bits per heavy atom. The van der Waals surface area contributed by atoms with Crippen LogP contribution in [-0.4, -0.2) is 22.9 Å². The third-order valence-electron chi connectivity index (χ3n) is 3.06. The molecule has 0 bridgehead atoms. The molecule has 106 valence electrons. The van der Waals surface area contributed by atoms with Crippen LogP contribution in [0.15, 0.2) is 30.5 Å². The minimum absolute atomic E-state index is 0.0867. The van der Waals surface area contributed by atoms with E-state index >= 15 is 0 Å². The fourth-order valence-electron chi connectivity index (χ4n) is 2.04. The summed E-state index contributed by atoms with van der Waals surface area (Å²) in [5, 5.41) is 7.26. The Balaban J connectivity index is 2.29. The largest absolute Gasteiger partial charge is 0.465 e. The van der Waals surface area contributed by atoms with Crippen LogP contribution in [0.5, 0.6) is 0 Å².